The Balaban J connectivity index is 1.60. The summed E-state index contributed by atoms with van der Waals surface area (Å²) in [5.41, 5.74) is 2.34. The third kappa shape index (κ3) is 4.45. The van der Waals surface area contributed by atoms with Crippen molar-refractivity contribution >= 4 is 5.91 Å². The molecule has 0 aliphatic rings. The van der Waals surface area contributed by atoms with Crippen LogP contribution in [0.1, 0.15) is 41.6 Å². The molecule has 0 aliphatic carbocycles. The highest BCUT2D eigenvalue weighted by Crippen LogP contribution is 2.14. The van der Waals surface area contributed by atoms with Crippen molar-refractivity contribution in [3.63, 3.8) is 0 Å². The molecule has 142 valence electrons. The van der Waals surface area contributed by atoms with E-state index in [0.29, 0.717) is 12.1 Å². The Morgan fingerprint density at radius 2 is 2.00 bits per heavy atom. The molecule has 0 fully saturated rings. The Kier molecular flexibility index (Phi) is 6.06. The number of nitrogens with zero attached hydrogens (tertiary/aromatic N) is 5. The van der Waals surface area contributed by atoms with Gasteiger partial charge in [-0.1, -0.05) is 25.1 Å². The van der Waals surface area contributed by atoms with Crippen molar-refractivity contribution in [1.82, 2.24) is 24.2 Å². The Bertz CT molecular complexity index is 881. The average Bonchev–Trinajstić information content (AvgIpc) is 3.28. The Labute approximate surface area is 160 Å². The molecule has 3 aromatic rings. The molecule has 0 radical (unpaired) electrons. The van der Waals surface area contributed by atoms with Gasteiger partial charge in [-0.15, -0.1) is 0 Å². The molecule has 3 rings (SSSR count). The van der Waals surface area contributed by atoms with Crippen LogP contribution in [0.5, 0.6) is 0 Å². The van der Waals surface area contributed by atoms with Crippen molar-refractivity contribution in [3.8, 4) is 5.69 Å². The lowest BCUT2D eigenvalue weighted by atomic mass is 10.2. The van der Waals surface area contributed by atoms with E-state index in [4.69, 9.17) is 0 Å². The van der Waals surface area contributed by atoms with E-state index in [1.807, 2.05) is 62.9 Å². The van der Waals surface area contributed by atoms with E-state index in [1.54, 1.807) is 9.58 Å². The van der Waals surface area contributed by atoms with Crippen molar-refractivity contribution < 1.29 is 4.79 Å². The van der Waals surface area contributed by atoms with Gasteiger partial charge >= 0.3 is 0 Å². The maximum atomic E-state index is 12.8. The van der Waals surface area contributed by atoms with Crippen molar-refractivity contribution in [3.05, 3.63) is 66.0 Å². The molecule has 0 bridgehead atoms. The van der Waals surface area contributed by atoms with Crippen LogP contribution in [-0.2, 0) is 13.0 Å². The number of carbonyl (C=O) groups excluding carboxylic acids is 1. The van der Waals surface area contributed by atoms with Crippen LogP contribution in [0, 0.1) is 6.92 Å². The number of imidazole rings is 1. The summed E-state index contributed by atoms with van der Waals surface area (Å²) < 4.78 is 3.95. The van der Waals surface area contributed by atoms with Crippen molar-refractivity contribution in [2.24, 2.45) is 0 Å². The summed E-state index contributed by atoms with van der Waals surface area (Å²) in [5, 5.41) is 4.49. The second-order valence-electron chi connectivity index (χ2n) is 6.78. The summed E-state index contributed by atoms with van der Waals surface area (Å²) in [7, 11) is 1.85. The highest BCUT2D eigenvalue weighted by atomic mass is 16.2. The molecule has 27 heavy (non-hydrogen) atoms. The molecule has 0 N–H and O–H groups in total. The molecule has 0 aliphatic heterocycles. The first kappa shape index (κ1) is 18.9. The predicted molar refractivity (Wildman–Crippen MR) is 106 cm³/mol. The van der Waals surface area contributed by atoms with Gasteiger partial charge in [0.1, 0.15) is 5.82 Å². The first-order valence-corrected chi connectivity index (χ1v) is 9.47. The number of aromatic nitrogens is 4. The number of rotatable bonds is 8. The summed E-state index contributed by atoms with van der Waals surface area (Å²) in [6, 6.07) is 9.84. The number of hydrogen-bond acceptors (Lipinski definition) is 3. The van der Waals surface area contributed by atoms with Gasteiger partial charge in [0, 0.05) is 45.1 Å². The highest BCUT2D eigenvalue weighted by Gasteiger charge is 2.18. The van der Waals surface area contributed by atoms with E-state index < -0.39 is 0 Å². The quantitative estimate of drug-likeness (QED) is 0.614. The van der Waals surface area contributed by atoms with Crippen LogP contribution < -0.4 is 0 Å². The summed E-state index contributed by atoms with van der Waals surface area (Å²) >= 11 is 0. The minimum Gasteiger partial charge on any atom is -0.342 e. The van der Waals surface area contributed by atoms with Gasteiger partial charge in [-0.3, -0.25) is 4.79 Å². The maximum Gasteiger partial charge on any atom is 0.257 e. The molecule has 2 aromatic heterocycles. The molecule has 0 saturated heterocycles. The average molecular weight is 365 g/mol. The van der Waals surface area contributed by atoms with Gasteiger partial charge in [0.25, 0.3) is 5.91 Å². The van der Waals surface area contributed by atoms with Gasteiger partial charge in [0.15, 0.2) is 0 Å². The third-order valence-corrected chi connectivity index (χ3v) is 4.66. The normalized spacial score (nSPS) is 10.9. The number of carbonyl (C=O) groups is 1. The lowest BCUT2D eigenvalue weighted by Crippen LogP contribution is -2.28. The topological polar surface area (TPSA) is 56.0 Å². The van der Waals surface area contributed by atoms with Crippen LogP contribution in [0.25, 0.3) is 5.69 Å². The number of hydrogen-bond donors (Lipinski definition) is 0. The van der Waals surface area contributed by atoms with Gasteiger partial charge in [-0.25, -0.2) is 9.67 Å². The molecule has 0 atom stereocenters. The van der Waals surface area contributed by atoms with Crippen LogP contribution in [0.2, 0.25) is 0 Å². The molecular weight excluding hydrogens is 338 g/mol. The standard InChI is InChI=1S/C21H27N5O/c1-4-13-25-15-12-22-20(25)11-8-14-24(3)21(27)19-16-26(23-17(19)2)18-9-6-5-7-10-18/h5-7,9-10,12,15-16H,4,8,11,13-14H2,1-3H3. The van der Waals surface area contributed by atoms with E-state index in [1.165, 1.54) is 0 Å². The van der Waals surface area contributed by atoms with Crippen LogP contribution >= 0.6 is 0 Å². The van der Waals surface area contributed by atoms with Crippen LogP contribution in [0.3, 0.4) is 0 Å². The van der Waals surface area contributed by atoms with Gasteiger partial charge < -0.3 is 9.47 Å². The molecule has 1 aromatic carbocycles. The maximum absolute atomic E-state index is 12.8. The molecule has 0 unspecified atom stereocenters. The zero-order valence-electron chi connectivity index (χ0n) is 16.3. The van der Waals surface area contributed by atoms with Crippen LogP contribution in [-0.4, -0.2) is 43.7 Å². The molecule has 0 spiro atoms. The Morgan fingerprint density at radius 3 is 2.74 bits per heavy atom. The highest BCUT2D eigenvalue weighted by molar-refractivity contribution is 5.95. The van der Waals surface area contributed by atoms with Crippen LogP contribution in [0.15, 0.2) is 48.9 Å². The minimum atomic E-state index is 0.00609. The van der Waals surface area contributed by atoms with E-state index in [-0.39, 0.29) is 5.91 Å². The monoisotopic (exact) mass is 365 g/mol. The number of aryl methyl sites for hydroxylation is 3. The fourth-order valence-electron chi connectivity index (χ4n) is 3.18. The second-order valence-corrected chi connectivity index (χ2v) is 6.78. The van der Waals surface area contributed by atoms with Crippen molar-refractivity contribution in [2.75, 3.05) is 13.6 Å². The predicted octanol–water partition coefficient (Wildman–Crippen LogP) is 3.49. The van der Waals surface area contributed by atoms with Gasteiger partial charge in [-0.05, 0) is 31.9 Å². The molecule has 6 heteroatoms. The van der Waals surface area contributed by atoms with Gasteiger partial charge in [0.2, 0.25) is 0 Å². The van der Waals surface area contributed by atoms with E-state index >= 15 is 0 Å². The van der Waals surface area contributed by atoms with Crippen molar-refractivity contribution in [2.45, 2.75) is 39.7 Å². The lowest BCUT2D eigenvalue weighted by molar-refractivity contribution is 0.0792. The molecule has 6 nitrogen and oxygen atoms in total. The zero-order chi connectivity index (χ0) is 19.2. The van der Waals surface area contributed by atoms with Crippen LogP contribution in [0.4, 0.5) is 0 Å². The number of benzene rings is 1. The SMILES string of the molecule is CCCn1ccnc1CCCN(C)C(=O)c1cn(-c2ccccc2)nc1C. The Hall–Kier alpha value is -2.89. The van der Waals surface area contributed by atoms with E-state index in [2.05, 4.69) is 21.6 Å². The fourth-order valence-corrected chi connectivity index (χ4v) is 3.18. The van der Waals surface area contributed by atoms with Crippen molar-refractivity contribution in [1.29, 1.82) is 0 Å². The lowest BCUT2D eigenvalue weighted by Gasteiger charge is -2.16. The molecule has 2 heterocycles. The zero-order valence-corrected chi connectivity index (χ0v) is 16.3. The molecule has 0 saturated carbocycles. The molecule has 1 amide bonds. The van der Waals surface area contributed by atoms with Gasteiger partial charge in [0.05, 0.1) is 16.9 Å². The molecular formula is C21H27N5O. The van der Waals surface area contributed by atoms with E-state index in [9.17, 15) is 4.79 Å². The summed E-state index contributed by atoms with van der Waals surface area (Å²) in [5.74, 6) is 1.09. The number of amides is 1. The van der Waals surface area contributed by atoms with E-state index in [0.717, 1.165) is 43.0 Å². The summed E-state index contributed by atoms with van der Waals surface area (Å²) in [6.07, 6.45) is 8.53. The summed E-state index contributed by atoms with van der Waals surface area (Å²) in [6.45, 7) is 5.71. The second kappa shape index (κ2) is 8.66. The smallest absolute Gasteiger partial charge is 0.257 e. The third-order valence-electron chi connectivity index (χ3n) is 4.66. The first-order chi connectivity index (χ1) is 13.1. The minimum absolute atomic E-state index is 0.00609. The Morgan fingerprint density at radius 1 is 1.22 bits per heavy atom. The largest absolute Gasteiger partial charge is 0.342 e. The first-order valence-electron chi connectivity index (χ1n) is 9.47. The summed E-state index contributed by atoms with van der Waals surface area (Å²) in [4.78, 5) is 19.0. The van der Waals surface area contributed by atoms with Gasteiger partial charge in [-0.2, -0.15) is 5.10 Å². The number of para-hydroxylation sites is 1. The fraction of sp³-hybridized carbons (Fsp3) is 0.381.